The second-order valence-electron chi connectivity index (χ2n) is 3.54. The molecule has 0 saturated carbocycles. The average molecular weight is 200 g/mol. The van der Waals surface area contributed by atoms with Gasteiger partial charge in [-0.3, -0.25) is 19.9 Å². The molecule has 0 atom stereocenters. The van der Waals surface area contributed by atoms with E-state index in [-0.39, 0.29) is 0 Å². The summed E-state index contributed by atoms with van der Waals surface area (Å²) in [5, 5.41) is 0. The van der Waals surface area contributed by atoms with Crippen molar-refractivity contribution in [1.82, 2.24) is 19.9 Å². The van der Waals surface area contributed by atoms with Crippen molar-refractivity contribution in [1.29, 1.82) is 0 Å². The molecule has 2 rings (SSSR count). The molecule has 0 radical (unpaired) electrons. The lowest BCUT2D eigenvalue weighted by Gasteiger charge is -2.08. The molecule has 0 spiro atoms. The number of hydrogen-bond acceptors (Lipinski definition) is 4. The van der Waals surface area contributed by atoms with E-state index >= 15 is 0 Å². The van der Waals surface area contributed by atoms with Crippen molar-refractivity contribution in [3.63, 3.8) is 0 Å². The first-order valence-electron chi connectivity index (χ1n) is 4.86. The van der Waals surface area contributed by atoms with Gasteiger partial charge < -0.3 is 0 Å². The van der Waals surface area contributed by atoms with Gasteiger partial charge in [0.2, 0.25) is 0 Å². The van der Waals surface area contributed by atoms with Gasteiger partial charge in [0.1, 0.15) is 11.4 Å². The molecule has 15 heavy (non-hydrogen) atoms. The van der Waals surface area contributed by atoms with Gasteiger partial charge in [-0.05, 0) is 5.92 Å². The highest BCUT2D eigenvalue weighted by Gasteiger charge is 2.11. The van der Waals surface area contributed by atoms with Gasteiger partial charge in [-0.25, -0.2) is 0 Å². The van der Waals surface area contributed by atoms with Crippen LogP contribution in [-0.4, -0.2) is 19.9 Å². The lowest BCUT2D eigenvalue weighted by Crippen LogP contribution is -2.00. The van der Waals surface area contributed by atoms with E-state index in [1.807, 2.05) is 0 Å². The van der Waals surface area contributed by atoms with E-state index in [1.165, 1.54) is 0 Å². The van der Waals surface area contributed by atoms with Crippen LogP contribution in [0, 0.1) is 0 Å². The summed E-state index contributed by atoms with van der Waals surface area (Å²) < 4.78 is 0. The predicted octanol–water partition coefficient (Wildman–Crippen LogP) is 2.06. The van der Waals surface area contributed by atoms with Crippen molar-refractivity contribution >= 4 is 0 Å². The Kier molecular flexibility index (Phi) is 2.67. The van der Waals surface area contributed by atoms with E-state index in [4.69, 9.17) is 0 Å². The molecule has 0 aliphatic heterocycles. The van der Waals surface area contributed by atoms with Crippen molar-refractivity contribution in [3.05, 3.63) is 36.7 Å². The fraction of sp³-hybridized carbons (Fsp3) is 0.273. The minimum atomic E-state index is 0.329. The molecular formula is C11H12N4. The Morgan fingerprint density at radius 3 is 2.33 bits per heavy atom. The van der Waals surface area contributed by atoms with Crippen molar-refractivity contribution in [2.24, 2.45) is 0 Å². The molecule has 0 aromatic carbocycles. The molecule has 0 amide bonds. The van der Waals surface area contributed by atoms with E-state index < -0.39 is 0 Å². The molecule has 2 heterocycles. The van der Waals surface area contributed by atoms with E-state index in [0.29, 0.717) is 5.92 Å². The molecular weight excluding hydrogens is 188 g/mol. The highest BCUT2D eigenvalue weighted by molar-refractivity contribution is 5.55. The highest BCUT2D eigenvalue weighted by Crippen LogP contribution is 2.22. The quantitative estimate of drug-likeness (QED) is 0.744. The van der Waals surface area contributed by atoms with Gasteiger partial charge in [-0.1, -0.05) is 13.8 Å². The Morgan fingerprint density at radius 1 is 0.933 bits per heavy atom. The molecule has 0 N–H and O–H groups in total. The van der Waals surface area contributed by atoms with Crippen LogP contribution >= 0.6 is 0 Å². The maximum atomic E-state index is 4.32. The first-order chi connectivity index (χ1) is 7.29. The first-order valence-corrected chi connectivity index (χ1v) is 4.86. The smallest absolute Gasteiger partial charge is 0.112 e. The van der Waals surface area contributed by atoms with E-state index in [0.717, 1.165) is 17.1 Å². The third-order valence-corrected chi connectivity index (χ3v) is 2.08. The number of rotatable bonds is 2. The first kappa shape index (κ1) is 9.71. The number of aromatic nitrogens is 4. The van der Waals surface area contributed by atoms with Crippen LogP contribution < -0.4 is 0 Å². The van der Waals surface area contributed by atoms with Crippen molar-refractivity contribution < 1.29 is 0 Å². The van der Waals surface area contributed by atoms with Crippen LogP contribution in [0.2, 0.25) is 0 Å². The maximum Gasteiger partial charge on any atom is 0.112 e. The summed E-state index contributed by atoms with van der Waals surface area (Å²) in [4.78, 5) is 16.9. The average Bonchev–Trinajstić information content (AvgIpc) is 2.30. The van der Waals surface area contributed by atoms with E-state index in [1.54, 1.807) is 31.0 Å². The zero-order valence-corrected chi connectivity index (χ0v) is 8.75. The van der Waals surface area contributed by atoms with E-state index in [2.05, 4.69) is 33.8 Å². The molecule has 4 nitrogen and oxygen atoms in total. The second kappa shape index (κ2) is 4.13. The summed E-state index contributed by atoms with van der Waals surface area (Å²) in [5.41, 5.74) is 2.55. The van der Waals surface area contributed by atoms with Crippen molar-refractivity contribution in [3.8, 4) is 11.4 Å². The predicted molar refractivity (Wildman–Crippen MR) is 57.1 cm³/mol. The van der Waals surface area contributed by atoms with Crippen molar-refractivity contribution in [2.75, 3.05) is 0 Å². The summed E-state index contributed by atoms with van der Waals surface area (Å²) in [6.07, 6.45) is 8.39. The van der Waals surface area contributed by atoms with Gasteiger partial charge in [0.15, 0.2) is 0 Å². The zero-order valence-electron chi connectivity index (χ0n) is 8.75. The van der Waals surface area contributed by atoms with Crippen LogP contribution in [-0.2, 0) is 0 Å². The lowest BCUT2D eigenvalue weighted by atomic mass is 10.1. The normalized spacial score (nSPS) is 10.6. The largest absolute Gasteiger partial charge is 0.261 e. The van der Waals surface area contributed by atoms with Gasteiger partial charge in [0, 0.05) is 24.8 Å². The third kappa shape index (κ3) is 1.98. The van der Waals surface area contributed by atoms with Crippen molar-refractivity contribution in [2.45, 2.75) is 19.8 Å². The minimum absolute atomic E-state index is 0.329. The fourth-order valence-corrected chi connectivity index (χ4v) is 1.39. The Hall–Kier alpha value is -1.84. The molecule has 76 valence electrons. The monoisotopic (exact) mass is 200 g/mol. The summed E-state index contributed by atoms with van der Waals surface area (Å²) in [7, 11) is 0. The molecule has 0 saturated heterocycles. The Morgan fingerprint density at radius 2 is 1.67 bits per heavy atom. The van der Waals surface area contributed by atoms with Crippen LogP contribution in [0.4, 0.5) is 0 Å². The molecule has 0 aliphatic carbocycles. The van der Waals surface area contributed by atoms with Crippen LogP contribution in [0.5, 0.6) is 0 Å². The zero-order chi connectivity index (χ0) is 10.7. The highest BCUT2D eigenvalue weighted by atomic mass is 14.9. The van der Waals surface area contributed by atoms with Crippen LogP contribution in [0.1, 0.15) is 25.5 Å². The summed E-state index contributed by atoms with van der Waals surface area (Å²) in [5.74, 6) is 0.329. The SMILES string of the molecule is CC(C)c1nccnc1-c1cnccn1. The Balaban J connectivity index is 2.53. The molecule has 0 bridgehead atoms. The summed E-state index contributed by atoms with van der Waals surface area (Å²) in [6.45, 7) is 4.17. The van der Waals surface area contributed by atoms with Gasteiger partial charge in [-0.15, -0.1) is 0 Å². The molecule has 2 aromatic heterocycles. The molecule has 0 aliphatic rings. The van der Waals surface area contributed by atoms with Gasteiger partial charge in [0.25, 0.3) is 0 Å². The number of hydrogen-bond donors (Lipinski definition) is 0. The summed E-state index contributed by atoms with van der Waals surface area (Å²) in [6, 6.07) is 0. The third-order valence-electron chi connectivity index (χ3n) is 2.08. The second-order valence-corrected chi connectivity index (χ2v) is 3.54. The molecule has 4 heteroatoms. The minimum Gasteiger partial charge on any atom is -0.261 e. The molecule has 2 aromatic rings. The van der Waals surface area contributed by atoms with Crippen LogP contribution in [0.15, 0.2) is 31.0 Å². The Labute approximate surface area is 88.5 Å². The van der Waals surface area contributed by atoms with Crippen LogP contribution in [0.25, 0.3) is 11.4 Å². The number of nitrogens with zero attached hydrogens (tertiary/aromatic N) is 4. The molecule has 0 unspecified atom stereocenters. The Bertz CT molecular complexity index is 439. The van der Waals surface area contributed by atoms with E-state index in [9.17, 15) is 0 Å². The summed E-state index contributed by atoms with van der Waals surface area (Å²) >= 11 is 0. The van der Waals surface area contributed by atoms with Gasteiger partial charge in [0.05, 0.1) is 11.9 Å². The van der Waals surface area contributed by atoms with Crippen LogP contribution in [0.3, 0.4) is 0 Å². The molecule has 0 fully saturated rings. The standard InChI is InChI=1S/C11H12N4/c1-8(2)10-11(15-6-5-14-10)9-7-12-3-4-13-9/h3-8H,1-2H3. The maximum absolute atomic E-state index is 4.32. The topological polar surface area (TPSA) is 51.6 Å². The van der Waals surface area contributed by atoms with Gasteiger partial charge in [-0.2, -0.15) is 0 Å². The lowest BCUT2D eigenvalue weighted by molar-refractivity contribution is 0.814. The fourth-order valence-electron chi connectivity index (χ4n) is 1.39. The van der Waals surface area contributed by atoms with Gasteiger partial charge >= 0.3 is 0 Å².